The van der Waals surface area contributed by atoms with Crippen LogP contribution in [0.2, 0.25) is 0 Å². The first-order valence-electron chi connectivity index (χ1n) is 10.3. The van der Waals surface area contributed by atoms with Crippen LogP contribution in [-0.4, -0.2) is 4.98 Å². The number of oxazole rings is 1. The van der Waals surface area contributed by atoms with Crippen LogP contribution in [0.3, 0.4) is 0 Å². The van der Waals surface area contributed by atoms with Crippen molar-refractivity contribution in [2.45, 2.75) is 13.1 Å². The Balaban J connectivity index is 1.73. The molecular weight excluding hydrogens is 401 g/mol. The van der Waals surface area contributed by atoms with Crippen LogP contribution in [-0.2, 0) is 6.16 Å². The van der Waals surface area contributed by atoms with E-state index in [1.807, 2.05) is 19.1 Å². The van der Waals surface area contributed by atoms with Gasteiger partial charge in [-0.05, 0) is 55.5 Å². The van der Waals surface area contributed by atoms with Crippen LogP contribution >= 0.6 is 7.26 Å². The Morgan fingerprint density at radius 2 is 1.19 bits per heavy atom. The summed E-state index contributed by atoms with van der Waals surface area (Å²) < 4.78 is 11.6. The Morgan fingerprint density at radius 1 is 0.677 bits per heavy atom. The van der Waals surface area contributed by atoms with Gasteiger partial charge in [0, 0.05) is 0 Å². The fourth-order valence-electron chi connectivity index (χ4n) is 4.07. The van der Waals surface area contributed by atoms with Crippen LogP contribution in [0, 0.1) is 6.92 Å². The molecule has 0 atom stereocenters. The summed E-state index contributed by atoms with van der Waals surface area (Å²) >= 11 is 0. The van der Waals surface area contributed by atoms with Crippen LogP contribution in [0.5, 0.6) is 0 Å². The molecule has 0 spiro atoms. The van der Waals surface area contributed by atoms with Gasteiger partial charge in [-0.15, -0.1) is 0 Å². The Morgan fingerprint density at radius 3 is 1.65 bits per heavy atom. The molecule has 0 radical (unpaired) electrons. The van der Waals surface area contributed by atoms with Gasteiger partial charge in [0.1, 0.15) is 40.8 Å². The van der Waals surface area contributed by atoms with Crippen LogP contribution in [0.25, 0.3) is 11.7 Å². The molecule has 3 aromatic carbocycles. The second-order valence-corrected chi connectivity index (χ2v) is 11.0. The molecular formula is C27H23NO2P+. The van der Waals surface area contributed by atoms with Crippen LogP contribution in [0.4, 0.5) is 0 Å². The van der Waals surface area contributed by atoms with E-state index in [-0.39, 0.29) is 0 Å². The molecule has 0 aliphatic rings. The number of nitrogens with zero attached hydrogens (tertiary/aromatic N) is 1. The van der Waals surface area contributed by atoms with E-state index in [1.54, 1.807) is 6.26 Å². The van der Waals surface area contributed by atoms with E-state index in [9.17, 15) is 0 Å². The summed E-state index contributed by atoms with van der Waals surface area (Å²) in [6.07, 6.45) is 2.42. The van der Waals surface area contributed by atoms with Crippen LogP contribution in [0.15, 0.2) is 118 Å². The molecule has 0 amide bonds. The monoisotopic (exact) mass is 424 g/mol. The fourth-order valence-corrected chi connectivity index (χ4v) is 8.30. The minimum atomic E-state index is -2.02. The molecule has 5 rings (SSSR count). The van der Waals surface area contributed by atoms with Gasteiger partial charge in [0.05, 0.1) is 6.26 Å². The first-order valence-corrected chi connectivity index (χ1v) is 12.3. The molecule has 5 aromatic rings. The summed E-state index contributed by atoms with van der Waals surface area (Å²) in [6, 6.07) is 36.2. The molecule has 0 fully saturated rings. The highest BCUT2D eigenvalue weighted by Gasteiger charge is 2.46. The lowest BCUT2D eigenvalue weighted by Crippen LogP contribution is -2.32. The van der Waals surface area contributed by atoms with Gasteiger partial charge in [0.2, 0.25) is 0 Å². The van der Waals surface area contributed by atoms with E-state index >= 15 is 0 Å². The zero-order valence-corrected chi connectivity index (χ0v) is 18.2. The number of aryl methyl sites for hydroxylation is 1. The average Bonchev–Trinajstić information content (AvgIpc) is 3.49. The van der Waals surface area contributed by atoms with Crippen molar-refractivity contribution < 1.29 is 8.83 Å². The van der Waals surface area contributed by atoms with Crippen molar-refractivity contribution in [3.05, 3.63) is 121 Å². The summed E-state index contributed by atoms with van der Waals surface area (Å²) in [6.45, 7) is 1.99. The van der Waals surface area contributed by atoms with Gasteiger partial charge in [-0.3, -0.25) is 0 Å². The Labute approximate surface area is 182 Å². The topological polar surface area (TPSA) is 39.2 Å². The highest BCUT2D eigenvalue weighted by atomic mass is 31.2. The predicted molar refractivity (Wildman–Crippen MR) is 128 cm³/mol. The lowest BCUT2D eigenvalue weighted by molar-refractivity contribution is 0.500. The molecule has 0 N–H and O–H groups in total. The zero-order chi connectivity index (χ0) is 21.1. The van der Waals surface area contributed by atoms with Crippen molar-refractivity contribution in [2.75, 3.05) is 0 Å². The van der Waals surface area contributed by atoms with Gasteiger partial charge < -0.3 is 8.83 Å². The lowest BCUT2D eigenvalue weighted by Gasteiger charge is -2.27. The standard InChI is InChI=1S/C27H23NO2P/c1-21-25(28-27(30-21)26-18-11-19-29-26)20-31(22-12-5-2-6-13-22,23-14-7-3-8-15-23)24-16-9-4-10-17-24/h2-19H,20H2,1H3/q+1. The third-order valence-corrected chi connectivity index (χ3v) is 9.92. The molecule has 0 bridgehead atoms. The molecule has 0 aliphatic carbocycles. The van der Waals surface area contributed by atoms with E-state index < -0.39 is 7.26 Å². The number of furan rings is 1. The smallest absolute Gasteiger partial charge is 0.263 e. The molecule has 31 heavy (non-hydrogen) atoms. The number of rotatable bonds is 6. The molecule has 152 valence electrons. The molecule has 0 saturated heterocycles. The second-order valence-electron chi connectivity index (χ2n) is 7.47. The first-order chi connectivity index (χ1) is 15.3. The van der Waals surface area contributed by atoms with E-state index in [2.05, 4.69) is 91.0 Å². The van der Waals surface area contributed by atoms with Crippen molar-refractivity contribution in [3.8, 4) is 11.7 Å². The van der Waals surface area contributed by atoms with Gasteiger partial charge in [-0.25, -0.2) is 4.98 Å². The summed E-state index contributed by atoms with van der Waals surface area (Å²) in [5, 5.41) is 3.98. The molecule has 0 saturated carbocycles. The van der Waals surface area contributed by atoms with Gasteiger partial charge in [0.25, 0.3) is 5.89 Å². The van der Waals surface area contributed by atoms with Crippen LogP contribution in [0.1, 0.15) is 11.5 Å². The van der Waals surface area contributed by atoms with E-state index in [1.165, 1.54) is 15.9 Å². The minimum Gasteiger partial charge on any atom is -0.459 e. The molecule has 3 nitrogen and oxygen atoms in total. The number of hydrogen-bond acceptors (Lipinski definition) is 3. The average molecular weight is 424 g/mol. The maximum absolute atomic E-state index is 6.03. The van der Waals surface area contributed by atoms with Crippen molar-refractivity contribution in [1.29, 1.82) is 0 Å². The van der Waals surface area contributed by atoms with Gasteiger partial charge in [-0.2, -0.15) is 0 Å². The van der Waals surface area contributed by atoms with E-state index in [0.717, 1.165) is 17.6 Å². The van der Waals surface area contributed by atoms with Gasteiger partial charge in [-0.1, -0.05) is 54.6 Å². The van der Waals surface area contributed by atoms with Crippen molar-refractivity contribution in [3.63, 3.8) is 0 Å². The van der Waals surface area contributed by atoms with Crippen molar-refractivity contribution in [2.24, 2.45) is 0 Å². The number of aromatic nitrogens is 1. The highest BCUT2D eigenvalue weighted by molar-refractivity contribution is 7.95. The summed E-state index contributed by atoms with van der Waals surface area (Å²) in [7, 11) is -2.02. The molecule has 4 heteroatoms. The third-order valence-electron chi connectivity index (χ3n) is 5.60. The maximum Gasteiger partial charge on any atom is 0.263 e. The Hall–Kier alpha value is -3.42. The number of hydrogen-bond donors (Lipinski definition) is 0. The zero-order valence-electron chi connectivity index (χ0n) is 17.3. The first kappa shape index (κ1) is 19.5. The van der Waals surface area contributed by atoms with Crippen LogP contribution < -0.4 is 15.9 Å². The number of benzene rings is 3. The lowest BCUT2D eigenvalue weighted by atomic mass is 10.3. The van der Waals surface area contributed by atoms with Crippen molar-refractivity contribution in [1.82, 2.24) is 4.98 Å². The summed E-state index contributed by atoms with van der Waals surface area (Å²) in [5.74, 6) is 2.01. The van der Waals surface area contributed by atoms with Gasteiger partial charge >= 0.3 is 0 Å². The van der Waals surface area contributed by atoms with Crippen molar-refractivity contribution >= 4 is 23.2 Å². The Kier molecular flexibility index (Phi) is 5.28. The molecule has 0 unspecified atom stereocenters. The highest BCUT2D eigenvalue weighted by Crippen LogP contribution is 2.58. The minimum absolute atomic E-state index is 0.532. The molecule has 0 aliphatic heterocycles. The Bertz CT molecular complexity index is 1150. The quantitative estimate of drug-likeness (QED) is 0.327. The SMILES string of the molecule is Cc1oc(-c2ccco2)nc1C[P+](c1ccccc1)(c1ccccc1)c1ccccc1. The molecule has 2 heterocycles. The second kappa shape index (κ2) is 8.37. The van der Waals surface area contributed by atoms with E-state index in [0.29, 0.717) is 11.7 Å². The maximum atomic E-state index is 6.03. The molecule has 2 aromatic heterocycles. The predicted octanol–water partition coefficient (Wildman–Crippen LogP) is 5.74. The summed E-state index contributed by atoms with van der Waals surface area (Å²) in [5.41, 5.74) is 0.969. The van der Waals surface area contributed by atoms with Gasteiger partial charge in [0.15, 0.2) is 5.76 Å². The normalized spacial score (nSPS) is 11.5. The third kappa shape index (κ3) is 3.62. The summed E-state index contributed by atoms with van der Waals surface area (Å²) in [4.78, 5) is 4.88. The van der Waals surface area contributed by atoms with E-state index in [4.69, 9.17) is 13.8 Å². The fraction of sp³-hybridized carbons (Fsp3) is 0.0741. The largest absolute Gasteiger partial charge is 0.459 e.